The summed E-state index contributed by atoms with van der Waals surface area (Å²) in [5.74, 6) is 0.330. The monoisotopic (exact) mass is 219 g/mol. The highest BCUT2D eigenvalue weighted by atomic mass is 32.1. The van der Waals surface area contributed by atoms with Gasteiger partial charge in [-0.05, 0) is 12.1 Å². The second kappa shape index (κ2) is 4.51. The van der Waals surface area contributed by atoms with Crippen molar-refractivity contribution in [3.8, 4) is 10.6 Å². The third-order valence-electron chi connectivity index (χ3n) is 2.31. The molecule has 2 heterocycles. The van der Waals surface area contributed by atoms with E-state index in [0.717, 1.165) is 16.3 Å². The molecule has 2 aromatic heterocycles. The van der Waals surface area contributed by atoms with E-state index in [4.69, 9.17) is 5.73 Å². The second-order valence-corrected chi connectivity index (χ2v) is 4.31. The van der Waals surface area contributed by atoms with Gasteiger partial charge in [-0.15, -0.1) is 11.3 Å². The summed E-state index contributed by atoms with van der Waals surface area (Å²) in [5, 5.41) is 3.11. The lowest BCUT2D eigenvalue weighted by Gasteiger charge is -2.02. The number of hydrogen-bond donors (Lipinski definition) is 1. The lowest BCUT2D eigenvalue weighted by molar-refractivity contribution is 0.752. The number of pyridine rings is 1. The van der Waals surface area contributed by atoms with E-state index >= 15 is 0 Å². The van der Waals surface area contributed by atoms with Crippen LogP contribution in [-0.2, 0) is 0 Å². The fourth-order valence-corrected chi connectivity index (χ4v) is 2.21. The third kappa shape index (κ3) is 2.22. The summed E-state index contributed by atoms with van der Waals surface area (Å²) >= 11 is 1.65. The predicted octanol–water partition coefficient (Wildman–Crippen LogP) is 2.27. The summed E-state index contributed by atoms with van der Waals surface area (Å²) in [6.45, 7) is 2.73. The van der Waals surface area contributed by atoms with Crippen LogP contribution in [0, 0.1) is 0 Å². The molecule has 0 fully saturated rings. The highest BCUT2D eigenvalue weighted by Gasteiger charge is 2.09. The van der Waals surface area contributed by atoms with Gasteiger partial charge in [0.05, 0.1) is 5.69 Å². The number of hydrogen-bond acceptors (Lipinski definition) is 4. The van der Waals surface area contributed by atoms with Crippen molar-refractivity contribution in [2.45, 2.75) is 12.8 Å². The van der Waals surface area contributed by atoms with E-state index < -0.39 is 0 Å². The smallest absolute Gasteiger partial charge is 0.123 e. The van der Waals surface area contributed by atoms with Gasteiger partial charge in [-0.3, -0.25) is 4.98 Å². The zero-order valence-corrected chi connectivity index (χ0v) is 9.37. The second-order valence-electron chi connectivity index (χ2n) is 3.45. The van der Waals surface area contributed by atoms with Crippen LogP contribution in [-0.4, -0.2) is 16.5 Å². The molecule has 1 unspecified atom stereocenters. The van der Waals surface area contributed by atoms with E-state index in [0.29, 0.717) is 12.5 Å². The first-order chi connectivity index (χ1) is 7.31. The molecule has 0 saturated heterocycles. The molecular formula is C11H13N3S. The average molecular weight is 219 g/mol. The first-order valence-corrected chi connectivity index (χ1v) is 5.75. The first-order valence-electron chi connectivity index (χ1n) is 4.87. The van der Waals surface area contributed by atoms with E-state index in [1.807, 2.05) is 12.1 Å². The standard InChI is InChI=1S/C11H13N3S/c1-8(6-12)10-7-15-11(14-10)9-2-4-13-5-3-9/h2-5,7-8H,6,12H2,1H3. The molecule has 0 spiro atoms. The molecule has 0 aliphatic carbocycles. The Labute approximate surface area is 93.0 Å². The highest BCUT2D eigenvalue weighted by molar-refractivity contribution is 7.13. The molecule has 0 saturated carbocycles. The van der Waals surface area contributed by atoms with Crippen molar-refractivity contribution in [3.63, 3.8) is 0 Å². The molecule has 15 heavy (non-hydrogen) atoms. The number of thiazole rings is 1. The van der Waals surface area contributed by atoms with Gasteiger partial charge in [0.15, 0.2) is 0 Å². The zero-order chi connectivity index (χ0) is 10.7. The van der Waals surface area contributed by atoms with Gasteiger partial charge in [-0.25, -0.2) is 4.98 Å². The van der Waals surface area contributed by atoms with Gasteiger partial charge in [0, 0.05) is 35.8 Å². The quantitative estimate of drug-likeness (QED) is 0.861. The summed E-state index contributed by atoms with van der Waals surface area (Å²) in [5.41, 5.74) is 7.80. The summed E-state index contributed by atoms with van der Waals surface area (Å²) in [6.07, 6.45) is 3.56. The topological polar surface area (TPSA) is 51.8 Å². The number of nitrogens with zero attached hydrogens (tertiary/aromatic N) is 2. The molecule has 2 rings (SSSR count). The van der Waals surface area contributed by atoms with E-state index in [2.05, 4.69) is 22.3 Å². The molecule has 0 radical (unpaired) electrons. The van der Waals surface area contributed by atoms with Gasteiger partial charge < -0.3 is 5.73 Å². The SMILES string of the molecule is CC(CN)c1csc(-c2ccncc2)n1. The Morgan fingerprint density at radius 1 is 1.40 bits per heavy atom. The van der Waals surface area contributed by atoms with Crippen LogP contribution in [0.15, 0.2) is 29.9 Å². The molecule has 0 aliphatic rings. The Morgan fingerprint density at radius 3 is 2.80 bits per heavy atom. The van der Waals surface area contributed by atoms with Crippen molar-refractivity contribution in [2.24, 2.45) is 5.73 Å². The van der Waals surface area contributed by atoms with Crippen molar-refractivity contribution < 1.29 is 0 Å². The number of aromatic nitrogens is 2. The molecule has 0 aliphatic heterocycles. The van der Waals surface area contributed by atoms with Crippen molar-refractivity contribution in [2.75, 3.05) is 6.54 Å². The first kappa shape index (κ1) is 10.3. The molecule has 4 heteroatoms. The lowest BCUT2D eigenvalue weighted by atomic mass is 10.1. The third-order valence-corrected chi connectivity index (χ3v) is 3.22. The highest BCUT2D eigenvalue weighted by Crippen LogP contribution is 2.25. The molecule has 0 amide bonds. The molecular weight excluding hydrogens is 206 g/mol. The van der Waals surface area contributed by atoms with Crippen molar-refractivity contribution >= 4 is 11.3 Å². The van der Waals surface area contributed by atoms with Crippen LogP contribution in [0.5, 0.6) is 0 Å². The van der Waals surface area contributed by atoms with Gasteiger partial charge in [0.25, 0.3) is 0 Å². The van der Waals surface area contributed by atoms with Crippen LogP contribution in [0.2, 0.25) is 0 Å². The average Bonchev–Trinajstić information content (AvgIpc) is 2.78. The Hall–Kier alpha value is -1.26. The van der Waals surface area contributed by atoms with Crippen LogP contribution in [0.4, 0.5) is 0 Å². The Bertz CT molecular complexity index is 424. The summed E-state index contributed by atoms with van der Waals surface area (Å²) in [7, 11) is 0. The van der Waals surface area contributed by atoms with Gasteiger partial charge in [-0.1, -0.05) is 6.92 Å². The van der Waals surface area contributed by atoms with Gasteiger partial charge in [0.1, 0.15) is 5.01 Å². The Balaban J connectivity index is 2.28. The minimum Gasteiger partial charge on any atom is -0.330 e. The van der Waals surface area contributed by atoms with Gasteiger partial charge >= 0.3 is 0 Å². The zero-order valence-electron chi connectivity index (χ0n) is 8.55. The maximum absolute atomic E-state index is 5.61. The lowest BCUT2D eigenvalue weighted by Crippen LogP contribution is -2.08. The van der Waals surface area contributed by atoms with Crippen LogP contribution < -0.4 is 5.73 Å². The van der Waals surface area contributed by atoms with Crippen LogP contribution in [0.3, 0.4) is 0 Å². The fourth-order valence-electron chi connectivity index (χ4n) is 1.26. The van der Waals surface area contributed by atoms with E-state index in [-0.39, 0.29) is 0 Å². The van der Waals surface area contributed by atoms with Crippen LogP contribution >= 0.6 is 11.3 Å². The Kier molecular flexibility index (Phi) is 3.08. The van der Waals surface area contributed by atoms with Gasteiger partial charge in [0.2, 0.25) is 0 Å². The molecule has 3 nitrogen and oxygen atoms in total. The van der Waals surface area contributed by atoms with Crippen molar-refractivity contribution in [1.29, 1.82) is 0 Å². The normalized spacial score (nSPS) is 12.7. The van der Waals surface area contributed by atoms with Crippen LogP contribution in [0.1, 0.15) is 18.5 Å². The largest absolute Gasteiger partial charge is 0.330 e. The molecule has 2 N–H and O–H groups in total. The van der Waals surface area contributed by atoms with Gasteiger partial charge in [-0.2, -0.15) is 0 Å². The minimum absolute atomic E-state index is 0.330. The van der Waals surface area contributed by atoms with E-state index in [1.54, 1.807) is 23.7 Å². The molecule has 78 valence electrons. The maximum atomic E-state index is 5.61. The molecule has 1 atom stereocenters. The summed E-state index contributed by atoms with van der Waals surface area (Å²) < 4.78 is 0. The molecule has 2 aromatic rings. The number of rotatable bonds is 3. The number of nitrogens with two attached hydrogens (primary N) is 1. The fraction of sp³-hybridized carbons (Fsp3) is 0.273. The van der Waals surface area contributed by atoms with E-state index in [1.165, 1.54) is 0 Å². The molecule has 0 aromatic carbocycles. The van der Waals surface area contributed by atoms with Crippen LogP contribution in [0.25, 0.3) is 10.6 Å². The van der Waals surface area contributed by atoms with E-state index in [9.17, 15) is 0 Å². The maximum Gasteiger partial charge on any atom is 0.123 e. The summed E-state index contributed by atoms with van der Waals surface area (Å²) in [4.78, 5) is 8.55. The summed E-state index contributed by atoms with van der Waals surface area (Å²) in [6, 6.07) is 3.94. The van der Waals surface area contributed by atoms with Crippen molar-refractivity contribution in [1.82, 2.24) is 9.97 Å². The minimum atomic E-state index is 0.330. The molecule has 0 bridgehead atoms. The van der Waals surface area contributed by atoms with Crippen molar-refractivity contribution in [3.05, 3.63) is 35.6 Å². The Morgan fingerprint density at radius 2 is 2.13 bits per heavy atom. The predicted molar refractivity (Wildman–Crippen MR) is 62.8 cm³/mol.